The Hall–Kier alpha value is -2.81. The van der Waals surface area contributed by atoms with Gasteiger partial charge in [0.2, 0.25) is 0 Å². The molecule has 1 aliphatic rings. The van der Waals surface area contributed by atoms with Gasteiger partial charge in [-0.15, -0.1) is 11.3 Å². The van der Waals surface area contributed by atoms with E-state index in [2.05, 4.69) is 10.3 Å². The van der Waals surface area contributed by atoms with Crippen molar-refractivity contribution in [1.29, 1.82) is 0 Å². The second-order valence-corrected chi connectivity index (χ2v) is 8.34. The second kappa shape index (κ2) is 7.22. The summed E-state index contributed by atoms with van der Waals surface area (Å²) >= 11 is 1.54. The molecule has 8 heteroatoms. The highest BCUT2D eigenvalue weighted by molar-refractivity contribution is 7.13. The lowest BCUT2D eigenvalue weighted by Gasteiger charge is -2.19. The van der Waals surface area contributed by atoms with Gasteiger partial charge in [-0.25, -0.2) is 9.97 Å². The quantitative estimate of drug-likeness (QED) is 0.481. The summed E-state index contributed by atoms with van der Waals surface area (Å²) in [6.07, 6.45) is 0.870. The van der Waals surface area contributed by atoms with Crippen LogP contribution in [0, 0.1) is 5.92 Å². The van der Waals surface area contributed by atoms with E-state index in [1.165, 1.54) is 0 Å². The zero-order valence-corrected chi connectivity index (χ0v) is 16.6. The number of thiazole rings is 1. The van der Waals surface area contributed by atoms with Crippen LogP contribution in [-0.2, 0) is 0 Å². The highest BCUT2D eigenvalue weighted by atomic mass is 32.1. The number of anilines is 1. The molecule has 1 aromatic carbocycles. The number of rotatable bonds is 4. The van der Waals surface area contributed by atoms with Crippen molar-refractivity contribution in [2.45, 2.75) is 31.6 Å². The molecule has 1 fully saturated rings. The minimum atomic E-state index is -0.810. The molecule has 0 aliphatic heterocycles. The minimum absolute atomic E-state index is 0.0414. The lowest BCUT2D eigenvalue weighted by atomic mass is 10.1. The Morgan fingerprint density at radius 3 is 2.69 bits per heavy atom. The van der Waals surface area contributed by atoms with Gasteiger partial charge in [0.15, 0.2) is 5.65 Å². The molecule has 3 heterocycles. The third-order valence-corrected chi connectivity index (χ3v) is 6.32. The molecule has 0 spiro atoms. The van der Waals surface area contributed by atoms with Crippen LogP contribution in [0.1, 0.15) is 13.3 Å². The molecule has 0 bridgehead atoms. The van der Waals surface area contributed by atoms with Crippen molar-refractivity contribution in [3.8, 4) is 22.0 Å². The number of fused-ring (bicyclic) bond motifs is 1. The smallest absolute Gasteiger partial charge is 0.157 e. The van der Waals surface area contributed by atoms with Crippen LogP contribution in [0.3, 0.4) is 0 Å². The van der Waals surface area contributed by atoms with Crippen LogP contribution in [0.4, 0.5) is 5.82 Å². The summed E-state index contributed by atoms with van der Waals surface area (Å²) in [6.45, 7) is 1.94. The van der Waals surface area contributed by atoms with Gasteiger partial charge in [-0.1, -0.05) is 37.3 Å². The summed E-state index contributed by atoms with van der Waals surface area (Å²) in [4.78, 5) is 9.13. The number of nitrogens with one attached hydrogen (secondary N) is 1. The third-order valence-electron chi connectivity index (χ3n) is 5.45. The van der Waals surface area contributed by atoms with Crippen LogP contribution in [0.25, 0.3) is 27.6 Å². The van der Waals surface area contributed by atoms with E-state index in [-0.39, 0.29) is 12.0 Å². The average Bonchev–Trinajstić information content (AvgIpc) is 3.44. The highest BCUT2D eigenvalue weighted by Crippen LogP contribution is 2.31. The lowest BCUT2D eigenvalue weighted by molar-refractivity contribution is 0.0210. The molecule has 7 nitrogen and oxygen atoms in total. The molecule has 5 rings (SSSR count). The van der Waals surface area contributed by atoms with Crippen molar-refractivity contribution < 1.29 is 10.2 Å². The van der Waals surface area contributed by atoms with Crippen molar-refractivity contribution in [2.24, 2.45) is 5.92 Å². The number of hydrogen-bond donors (Lipinski definition) is 3. The zero-order valence-electron chi connectivity index (χ0n) is 15.8. The molecular weight excluding hydrogens is 386 g/mol. The van der Waals surface area contributed by atoms with E-state index >= 15 is 0 Å². The maximum absolute atomic E-state index is 10.3. The van der Waals surface area contributed by atoms with Crippen molar-refractivity contribution in [3.05, 3.63) is 54.0 Å². The van der Waals surface area contributed by atoms with Crippen LogP contribution in [0.5, 0.6) is 0 Å². The fourth-order valence-electron chi connectivity index (χ4n) is 3.83. The number of aliphatic hydroxyl groups excluding tert-OH is 2. The number of benzene rings is 1. The Labute approximate surface area is 171 Å². The van der Waals surface area contributed by atoms with Gasteiger partial charge in [0.05, 0.1) is 17.8 Å². The largest absolute Gasteiger partial charge is 0.390 e. The monoisotopic (exact) mass is 407 g/mol. The summed E-state index contributed by atoms with van der Waals surface area (Å²) in [5.41, 5.74) is 3.44. The van der Waals surface area contributed by atoms with Gasteiger partial charge < -0.3 is 15.5 Å². The molecule has 0 amide bonds. The van der Waals surface area contributed by atoms with Gasteiger partial charge in [-0.2, -0.15) is 9.61 Å². The Morgan fingerprint density at radius 2 is 1.93 bits per heavy atom. The fraction of sp³-hybridized carbons (Fsp3) is 0.286. The van der Waals surface area contributed by atoms with Crippen LogP contribution in [-0.4, -0.2) is 48.0 Å². The number of hydrogen-bond acceptors (Lipinski definition) is 7. The first-order valence-corrected chi connectivity index (χ1v) is 10.5. The second-order valence-electron chi connectivity index (χ2n) is 7.48. The van der Waals surface area contributed by atoms with Crippen LogP contribution < -0.4 is 5.32 Å². The topological polar surface area (TPSA) is 95.6 Å². The summed E-state index contributed by atoms with van der Waals surface area (Å²) in [5, 5.41) is 31.2. The fourth-order valence-corrected chi connectivity index (χ4v) is 4.61. The summed E-state index contributed by atoms with van der Waals surface area (Å²) < 4.78 is 1.72. The van der Waals surface area contributed by atoms with Crippen molar-refractivity contribution in [2.75, 3.05) is 5.32 Å². The summed E-state index contributed by atoms with van der Waals surface area (Å²) in [7, 11) is 0. The van der Waals surface area contributed by atoms with E-state index < -0.39 is 12.2 Å². The van der Waals surface area contributed by atoms with Gasteiger partial charge in [0.1, 0.15) is 22.6 Å². The number of aromatic nitrogens is 4. The zero-order chi connectivity index (χ0) is 20.0. The first kappa shape index (κ1) is 18.2. The van der Waals surface area contributed by atoms with Crippen LogP contribution in [0.15, 0.2) is 54.0 Å². The molecule has 3 N–H and O–H groups in total. The van der Waals surface area contributed by atoms with E-state index in [9.17, 15) is 10.2 Å². The molecule has 1 saturated carbocycles. The molecule has 0 saturated heterocycles. The summed E-state index contributed by atoms with van der Waals surface area (Å²) in [5.74, 6) is 0.770. The minimum Gasteiger partial charge on any atom is -0.390 e. The van der Waals surface area contributed by atoms with E-state index in [0.29, 0.717) is 12.1 Å². The molecule has 3 aromatic heterocycles. The average molecular weight is 407 g/mol. The molecule has 4 aromatic rings. The molecule has 4 atom stereocenters. The van der Waals surface area contributed by atoms with Gasteiger partial charge in [0, 0.05) is 23.2 Å². The van der Waals surface area contributed by atoms with E-state index in [1.807, 2.05) is 54.8 Å². The Morgan fingerprint density at radius 1 is 1.10 bits per heavy atom. The Kier molecular flexibility index (Phi) is 4.54. The lowest BCUT2D eigenvalue weighted by Crippen LogP contribution is -2.35. The van der Waals surface area contributed by atoms with Gasteiger partial charge in [-0.3, -0.25) is 0 Å². The van der Waals surface area contributed by atoms with Crippen LogP contribution >= 0.6 is 11.3 Å². The highest BCUT2D eigenvalue weighted by Gasteiger charge is 2.39. The van der Waals surface area contributed by atoms with E-state index in [0.717, 1.165) is 27.8 Å². The van der Waals surface area contributed by atoms with E-state index in [4.69, 9.17) is 10.1 Å². The standard InChI is InChI=1S/C21H21N5O2S/c1-12-9-14(20(28)19(12)27)23-17-7-8-22-18-10-15(25-26(17)18)21-24-16(11-29-21)13-5-3-2-4-6-13/h2-8,10-12,14,19-20,23,27-28H,9H2,1H3/t12-,14-,19-,20+/m1/s1. The van der Waals surface area contributed by atoms with Crippen LogP contribution in [0.2, 0.25) is 0 Å². The predicted octanol–water partition coefficient (Wildman–Crippen LogP) is 3.06. The molecule has 1 aliphatic carbocycles. The van der Waals surface area contributed by atoms with E-state index in [1.54, 1.807) is 22.0 Å². The normalized spacial score (nSPS) is 24.2. The molecular formula is C21H21N5O2S. The SMILES string of the molecule is C[C@@H]1C[C@@H](Nc2ccnc3cc(-c4nc(-c5ccccc5)cs4)nn23)[C@H](O)[C@@H]1O. The molecule has 0 radical (unpaired) electrons. The van der Waals surface area contributed by atoms with Gasteiger partial charge >= 0.3 is 0 Å². The summed E-state index contributed by atoms with van der Waals surface area (Å²) in [6, 6.07) is 13.5. The Balaban J connectivity index is 1.46. The van der Waals surface area contributed by atoms with Crippen molar-refractivity contribution in [3.63, 3.8) is 0 Å². The first-order valence-electron chi connectivity index (χ1n) is 9.59. The maximum atomic E-state index is 10.3. The first-order chi connectivity index (χ1) is 14.1. The van der Waals surface area contributed by atoms with Crippen molar-refractivity contribution >= 4 is 22.8 Å². The van der Waals surface area contributed by atoms with Gasteiger partial charge in [-0.05, 0) is 18.4 Å². The Bertz CT molecular complexity index is 1140. The maximum Gasteiger partial charge on any atom is 0.157 e. The molecule has 29 heavy (non-hydrogen) atoms. The van der Waals surface area contributed by atoms with Gasteiger partial charge in [0.25, 0.3) is 0 Å². The number of aliphatic hydroxyl groups is 2. The third kappa shape index (κ3) is 3.29. The van der Waals surface area contributed by atoms with Crippen molar-refractivity contribution in [1.82, 2.24) is 19.6 Å². The predicted molar refractivity (Wildman–Crippen MR) is 113 cm³/mol. The molecule has 0 unspecified atom stereocenters. The molecule has 148 valence electrons. The number of nitrogens with zero attached hydrogens (tertiary/aromatic N) is 4.